The maximum absolute atomic E-state index is 12.9. The predicted octanol–water partition coefficient (Wildman–Crippen LogP) is 3.04. The molecule has 1 aliphatic rings. The Morgan fingerprint density at radius 2 is 2.14 bits per heavy atom. The number of nitrogens with one attached hydrogen (secondary N) is 2. The Morgan fingerprint density at radius 3 is 2.86 bits per heavy atom. The molecular weight excluding hydrogens is 414 g/mol. The normalized spacial score (nSPS) is 13.4. The molecule has 3 aromatic heterocycles. The van der Waals surface area contributed by atoms with Gasteiger partial charge < -0.3 is 0 Å². The number of aliphatic imine (C=N–C) groups is 1. The molecule has 8 nitrogen and oxygen atoms in total. The third-order valence-electron chi connectivity index (χ3n) is 3.56. The van der Waals surface area contributed by atoms with Crippen molar-refractivity contribution in [2.24, 2.45) is 4.99 Å². The molecule has 0 radical (unpaired) electrons. The summed E-state index contributed by atoms with van der Waals surface area (Å²) in [4.78, 5) is 31.8. The van der Waals surface area contributed by atoms with Crippen LogP contribution in [0.4, 0.5) is 0 Å². The highest BCUT2D eigenvalue weighted by atomic mass is 32.2. The SMILES string of the molecule is Cc1ccc(Sc2ccc(Sc3ncn[nH]3)nc2C(=O)NC2=NCCS2)cn1. The molecule has 0 aromatic carbocycles. The molecule has 28 heavy (non-hydrogen) atoms. The van der Waals surface area contributed by atoms with E-state index in [4.69, 9.17) is 0 Å². The number of amidine groups is 1. The molecule has 0 aliphatic carbocycles. The van der Waals surface area contributed by atoms with E-state index in [-0.39, 0.29) is 5.91 Å². The summed E-state index contributed by atoms with van der Waals surface area (Å²) >= 11 is 4.29. The Bertz CT molecular complexity index is 1010. The predicted molar refractivity (Wildman–Crippen MR) is 110 cm³/mol. The van der Waals surface area contributed by atoms with Crippen LogP contribution in [0.5, 0.6) is 0 Å². The molecular formula is C17H15N7OS3. The van der Waals surface area contributed by atoms with Crippen molar-refractivity contribution in [3.63, 3.8) is 0 Å². The Hall–Kier alpha value is -2.37. The van der Waals surface area contributed by atoms with E-state index in [1.807, 2.05) is 31.2 Å². The van der Waals surface area contributed by atoms with Gasteiger partial charge in [0, 0.05) is 27.4 Å². The van der Waals surface area contributed by atoms with Gasteiger partial charge in [-0.15, -0.1) is 0 Å². The zero-order valence-corrected chi connectivity index (χ0v) is 17.2. The monoisotopic (exact) mass is 429 g/mol. The van der Waals surface area contributed by atoms with Gasteiger partial charge in [0.2, 0.25) is 0 Å². The zero-order valence-electron chi connectivity index (χ0n) is 14.7. The van der Waals surface area contributed by atoms with Crippen LogP contribution in [0.2, 0.25) is 0 Å². The summed E-state index contributed by atoms with van der Waals surface area (Å²) in [6, 6.07) is 7.65. The van der Waals surface area contributed by atoms with E-state index in [9.17, 15) is 4.79 Å². The molecule has 0 unspecified atom stereocenters. The maximum Gasteiger partial charge on any atom is 0.277 e. The molecule has 2 N–H and O–H groups in total. The molecule has 0 saturated heterocycles. The zero-order chi connectivity index (χ0) is 19.3. The van der Waals surface area contributed by atoms with Gasteiger partial charge >= 0.3 is 0 Å². The van der Waals surface area contributed by atoms with Crippen molar-refractivity contribution in [1.29, 1.82) is 0 Å². The van der Waals surface area contributed by atoms with E-state index < -0.39 is 0 Å². The van der Waals surface area contributed by atoms with Gasteiger partial charge in [0.25, 0.3) is 5.91 Å². The Morgan fingerprint density at radius 1 is 1.21 bits per heavy atom. The van der Waals surface area contributed by atoms with Crippen LogP contribution in [-0.4, -0.2) is 48.5 Å². The van der Waals surface area contributed by atoms with Crippen molar-refractivity contribution in [3.8, 4) is 0 Å². The maximum atomic E-state index is 12.9. The number of rotatable bonds is 5. The highest BCUT2D eigenvalue weighted by Gasteiger charge is 2.19. The van der Waals surface area contributed by atoms with Gasteiger partial charge in [-0.1, -0.05) is 23.5 Å². The lowest BCUT2D eigenvalue weighted by molar-refractivity contribution is 0.0969. The van der Waals surface area contributed by atoms with Gasteiger partial charge in [-0.25, -0.2) is 9.97 Å². The second kappa shape index (κ2) is 8.76. The third-order valence-corrected chi connectivity index (χ3v) is 6.30. The molecule has 0 bridgehead atoms. The molecule has 0 saturated carbocycles. The standard InChI is InChI=1S/C17H15N7OS3/c1-10-2-3-11(8-19-10)27-12-4-5-13(28-17-20-9-21-24-17)22-14(12)15(25)23-16-18-6-7-26-16/h2-5,8-9H,6-7H2,1H3,(H,18,23,25)(H,20,21,24). The van der Waals surface area contributed by atoms with Crippen molar-refractivity contribution >= 4 is 46.4 Å². The smallest absolute Gasteiger partial charge is 0.277 e. The number of carbonyl (C=O) groups is 1. The molecule has 1 amide bonds. The summed E-state index contributed by atoms with van der Waals surface area (Å²) in [5.41, 5.74) is 1.28. The molecule has 4 rings (SSSR count). The number of carbonyl (C=O) groups excluding carboxylic acids is 1. The van der Waals surface area contributed by atoms with Gasteiger partial charge in [-0.05, 0) is 43.0 Å². The average Bonchev–Trinajstić information content (AvgIpc) is 3.39. The molecule has 0 atom stereocenters. The van der Waals surface area contributed by atoms with Gasteiger partial charge in [0.05, 0.1) is 6.54 Å². The van der Waals surface area contributed by atoms with E-state index in [2.05, 4.69) is 35.5 Å². The van der Waals surface area contributed by atoms with Crippen LogP contribution in [0.3, 0.4) is 0 Å². The lowest BCUT2D eigenvalue weighted by atomic mass is 10.3. The summed E-state index contributed by atoms with van der Waals surface area (Å²) in [6.45, 7) is 2.65. The number of H-pyrrole nitrogens is 1. The number of hydrogen-bond acceptors (Lipinski definition) is 9. The van der Waals surface area contributed by atoms with E-state index in [1.54, 1.807) is 6.20 Å². The number of aryl methyl sites for hydroxylation is 1. The molecule has 142 valence electrons. The molecule has 11 heteroatoms. The number of nitrogens with zero attached hydrogens (tertiary/aromatic N) is 5. The van der Waals surface area contributed by atoms with Gasteiger partial charge in [0.1, 0.15) is 17.0 Å². The van der Waals surface area contributed by atoms with Gasteiger partial charge in [0.15, 0.2) is 10.3 Å². The fraction of sp³-hybridized carbons (Fsp3) is 0.176. The topological polar surface area (TPSA) is 109 Å². The first-order chi connectivity index (χ1) is 13.7. The largest absolute Gasteiger partial charge is 0.300 e. The van der Waals surface area contributed by atoms with Gasteiger partial charge in [-0.3, -0.25) is 25.2 Å². The second-order valence-corrected chi connectivity index (χ2v) is 8.82. The minimum Gasteiger partial charge on any atom is -0.300 e. The highest BCUT2D eigenvalue weighted by Crippen LogP contribution is 2.32. The molecule has 4 heterocycles. The Balaban J connectivity index is 1.62. The summed E-state index contributed by atoms with van der Waals surface area (Å²) in [6.07, 6.45) is 3.22. The number of aromatic amines is 1. The minimum absolute atomic E-state index is 0.282. The van der Waals surface area contributed by atoms with Crippen molar-refractivity contribution in [3.05, 3.63) is 48.2 Å². The first-order valence-corrected chi connectivity index (χ1v) is 10.9. The van der Waals surface area contributed by atoms with Crippen LogP contribution in [0.15, 0.2) is 61.8 Å². The van der Waals surface area contributed by atoms with Gasteiger partial charge in [-0.2, -0.15) is 5.10 Å². The number of amides is 1. The second-order valence-electron chi connectivity index (χ2n) is 5.62. The first kappa shape index (κ1) is 19.0. The van der Waals surface area contributed by atoms with Crippen LogP contribution >= 0.6 is 35.3 Å². The van der Waals surface area contributed by atoms with Crippen molar-refractivity contribution in [2.75, 3.05) is 12.3 Å². The van der Waals surface area contributed by atoms with Crippen LogP contribution in [0.1, 0.15) is 16.2 Å². The van der Waals surface area contributed by atoms with Crippen molar-refractivity contribution < 1.29 is 4.79 Å². The van der Waals surface area contributed by atoms with Crippen LogP contribution in [0, 0.1) is 6.92 Å². The number of thioether (sulfide) groups is 1. The van der Waals surface area contributed by atoms with Crippen molar-refractivity contribution in [1.82, 2.24) is 30.5 Å². The molecule has 0 fully saturated rings. The number of aromatic nitrogens is 5. The summed E-state index contributed by atoms with van der Waals surface area (Å²) in [5.74, 6) is 0.594. The number of pyridine rings is 2. The van der Waals surface area contributed by atoms with E-state index >= 15 is 0 Å². The highest BCUT2D eigenvalue weighted by molar-refractivity contribution is 8.14. The Kier molecular flexibility index (Phi) is 5.93. The summed E-state index contributed by atoms with van der Waals surface area (Å²) < 4.78 is 0. The Labute approximate surface area is 173 Å². The molecule has 0 spiro atoms. The quantitative estimate of drug-likeness (QED) is 0.637. The van der Waals surface area contributed by atoms with Crippen LogP contribution in [0.25, 0.3) is 0 Å². The average molecular weight is 430 g/mol. The third kappa shape index (κ3) is 4.72. The fourth-order valence-electron chi connectivity index (χ4n) is 2.28. The minimum atomic E-state index is -0.282. The number of hydrogen-bond donors (Lipinski definition) is 2. The lowest BCUT2D eigenvalue weighted by Gasteiger charge is -2.10. The first-order valence-electron chi connectivity index (χ1n) is 8.31. The van der Waals surface area contributed by atoms with Crippen molar-refractivity contribution in [2.45, 2.75) is 26.9 Å². The molecule has 3 aromatic rings. The van der Waals surface area contributed by atoms with E-state index in [0.717, 1.165) is 21.2 Å². The fourth-order valence-corrected chi connectivity index (χ4v) is 4.54. The van der Waals surface area contributed by atoms with E-state index in [1.165, 1.54) is 41.6 Å². The summed E-state index contributed by atoms with van der Waals surface area (Å²) in [7, 11) is 0. The lowest BCUT2D eigenvalue weighted by Crippen LogP contribution is -2.28. The molecule has 1 aliphatic heterocycles. The van der Waals surface area contributed by atoms with Crippen LogP contribution in [-0.2, 0) is 0 Å². The van der Waals surface area contributed by atoms with E-state index in [0.29, 0.717) is 27.6 Å². The summed E-state index contributed by atoms with van der Waals surface area (Å²) in [5, 5.41) is 11.4. The van der Waals surface area contributed by atoms with Crippen LogP contribution < -0.4 is 5.32 Å².